The Morgan fingerprint density at radius 1 is 1.00 bits per heavy atom. The van der Waals surface area contributed by atoms with Gasteiger partial charge >= 0.3 is 0 Å². The molecule has 0 aliphatic heterocycles. The predicted octanol–water partition coefficient (Wildman–Crippen LogP) is 5.61. The molecule has 0 aliphatic rings. The lowest BCUT2D eigenvalue weighted by Crippen LogP contribution is -2.08. The molecule has 134 valence electrons. The fraction of sp³-hybridized carbons (Fsp3) is 0.625. The lowest BCUT2D eigenvalue weighted by Gasteiger charge is -2.12. The molecule has 0 heterocycles. The van der Waals surface area contributed by atoms with E-state index >= 15 is 0 Å². The van der Waals surface area contributed by atoms with Gasteiger partial charge in [0.1, 0.15) is 0 Å². The molecule has 23 heavy (non-hydrogen) atoms. The number of hydrogen-bond acceptors (Lipinski definition) is 3. The van der Waals surface area contributed by atoms with Crippen LogP contribution in [0, 0.1) is 0 Å². The van der Waals surface area contributed by atoms with Gasteiger partial charge in [-0.2, -0.15) is 8.42 Å². The Labute approximate surface area is 167 Å². The van der Waals surface area contributed by atoms with Crippen molar-refractivity contribution in [3.05, 3.63) is 29.8 Å². The van der Waals surface area contributed by atoms with E-state index in [2.05, 4.69) is 45.2 Å². The Kier molecular flexibility index (Phi) is 13.2. The fourth-order valence-electron chi connectivity index (χ4n) is 2.43. The van der Waals surface area contributed by atoms with Gasteiger partial charge in [-0.05, 0) is 35.3 Å². The average molecular weight is 567 g/mol. The molecule has 0 amide bonds. The summed E-state index contributed by atoms with van der Waals surface area (Å²) in [7, 11) is -4.12. The summed E-state index contributed by atoms with van der Waals surface area (Å²) in [6.07, 6.45) is 9.48. The number of hydrogen-bond donors (Lipinski definition) is 2. The number of benzene rings is 1. The van der Waals surface area contributed by atoms with Crippen molar-refractivity contribution in [2.75, 3.05) is 4.43 Å². The minimum absolute atomic E-state index is 0. The smallest absolute Gasteiger partial charge is 0.294 e. The molecule has 0 aliphatic carbocycles. The second-order valence-electron chi connectivity index (χ2n) is 5.48. The first-order valence-electron chi connectivity index (χ1n) is 7.70. The first-order valence-corrected chi connectivity index (χ1v) is 11.9. The molecule has 0 spiro atoms. The van der Waals surface area contributed by atoms with Gasteiger partial charge in [0.15, 0.2) is 0 Å². The average Bonchev–Trinajstić information content (AvgIpc) is 2.46. The Bertz CT molecular complexity index is 538. The topological polar surface area (TPSA) is 89.4 Å². The summed E-state index contributed by atoms with van der Waals surface area (Å²) in [5, 5.41) is 0. The molecule has 1 aromatic carbocycles. The summed E-state index contributed by atoms with van der Waals surface area (Å²) in [5.41, 5.74) is 0.714. The van der Waals surface area contributed by atoms with Gasteiger partial charge in [0.2, 0.25) is 0 Å². The Balaban J connectivity index is 0.00000484. The number of unbranched alkanes of at least 4 members (excludes halogenated alkanes) is 5. The van der Waals surface area contributed by atoms with Crippen molar-refractivity contribution in [1.82, 2.24) is 6.15 Å². The van der Waals surface area contributed by atoms with Crippen molar-refractivity contribution in [1.29, 1.82) is 0 Å². The third-order valence-corrected chi connectivity index (χ3v) is 6.37. The van der Waals surface area contributed by atoms with E-state index < -0.39 is 10.1 Å². The van der Waals surface area contributed by atoms with Gasteiger partial charge in [0.25, 0.3) is 10.1 Å². The van der Waals surface area contributed by atoms with Crippen LogP contribution in [0.15, 0.2) is 29.2 Å². The maximum atomic E-state index is 11.4. The first kappa shape index (κ1) is 23.5. The van der Waals surface area contributed by atoms with Crippen LogP contribution >= 0.6 is 45.2 Å². The van der Waals surface area contributed by atoms with Crippen molar-refractivity contribution >= 4 is 55.3 Å². The predicted molar refractivity (Wildman–Crippen MR) is 114 cm³/mol. The van der Waals surface area contributed by atoms with Crippen LogP contribution < -0.4 is 6.15 Å². The van der Waals surface area contributed by atoms with Crippen molar-refractivity contribution in [3.8, 4) is 0 Å². The highest BCUT2D eigenvalue weighted by Crippen LogP contribution is 2.22. The van der Waals surface area contributed by atoms with E-state index in [1.54, 1.807) is 12.1 Å². The first-order chi connectivity index (χ1) is 10.4. The van der Waals surface area contributed by atoms with E-state index in [1.165, 1.54) is 49.0 Å². The monoisotopic (exact) mass is 567 g/mol. The number of alkyl halides is 2. The van der Waals surface area contributed by atoms with E-state index in [0.29, 0.717) is 15.9 Å². The van der Waals surface area contributed by atoms with Gasteiger partial charge in [0.05, 0.1) is 4.90 Å². The zero-order chi connectivity index (χ0) is 16.4. The summed E-state index contributed by atoms with van der Waals surface area (Å²) < 4.78 is 33.7. The molecular formula is C16H27I2NO3S. The molecule has 1 rings (SSSR count). The van der Waals surface area contributed by atoms with Crippen LogP contribution in [0.2, 0.25) is 0 Å². The zero-order valence-corrected chi connectivity index (χ0v) is 18.5. The Hall–Kier alpha value is 0.550. The SMILES string of the molecule is N.O=S(=O)(O)c1ccccc1CC(I)CCCCCCCCI. The Morgan fingerprint density at radius 3 is 2.17 bits per heavy atom. The summed E-state index contributed by atoms with van der Waals surface area (Å²) in [6.45, 7) is 0. The van der Waals surface area contributed by atoms with Crippen molar-refractivity contribution < 1.29 is 13.0 Å². The van der Waals surface area contributed by atoms with Crippen LogP contribution in [0.25, 0.3) is 0 Å². The van der Waals surface area contributed by atoms with Gasteiger partial charge in [-0.3, -0.25) is 4.55 Å². The van der Waals surface area contributed by atoms with Crippen LogP contribution in [0.3, 0.4) is 0 Å². The Morgan fingerprint density at radius 2 is 1.57 bits per heavy atom. The van der Waals surface area contributed by atoms with Crippen molar-refractivity contribution in [3.63, 3.8) is 0 Å². The van der Waals surface area contributed by atoms with E-state index in [9.17, 15) is 13.0 Å². The minimum atomic E-state index is -4.12. The molecule has 0 saturated heterocycles. The van der Waals surface area contributed by atoms with Gasteiger partial charge < -0.3 is 6.15 Å². The second kappa shape index (κ2) is 12.8. The van der Waals surface area contributed by atoms with E-state index in [0.717, 1.165) is 6.42 Å². The van der Waals surface area contributed by atoms with Gasteiger partial charge in [-0.15, -0.1) is 0 Å². The summed E-state index contributed by atoms with van der Waals surface area (Å²) >= 11 is 4.81. The summed E-state index contributed by atoms with van der Waals surface area (Å²) in [5.74, 6) is 0. The van der Waals surface area contributed by atoms with Gasteiger partial charge in [-0.1, -0.05) is 95.5 Å². The lowest BCUT2D eigenvalue weighted by atomic mass is 10.0. The molecule has 0 radical (unpaired) electrons. The molecule has 4 N–H and O–H groups in total. The van der Waals surface area contributed by atoms with Crippen molar-refractivity contribution in [2.45, 2.75) is 60.2 Å². The largest absolute Gasteiger partial charge is 0.344 e. The molecule has 0 saturated carbocycles. The molecular weight excluding hydrogens is 540 g/mol. The standard InChI is InChI=1S/C16H24I2O3S.H3N/c17-12-8-4-2-1-3-5-10-15(18)13-14-9-6-7-11-16(14)22(19,20)21;/h6-7,9,11,15H,1-5,8,10,12-13H2,(H,19,20,21);1H3. The van der Waals surface area contributed by atoms with Crippen LogP contribution in [-0.2, 0) is 16.5 Å². The van der Waals surface area contributed by atoms with Crippen molar-refractivity contribution in [2.24, 2.45) is 0 Å². The summed E-state index contributed by atoms with van der Waals surface area (Å²) in [4.78, 5) is 0.0514. The quantitative estimate of drug-likeness (QED) is 0.158. The zero-order valence-electron chi connectivity index (χ0n) is 13.4. The van der Waals surface area contributed by atoms with Gasteiger partial charge in [-0.25, -0.2) is 0 Å². The molecule has 4 nitrogen and oxygen atoms in total. The van der Waals surface area contributed by atoms with E-state index in [4.69, 9.17) is 0 Å². The van der Waals surface area contributed by atoms with E-state index in [1.807, 2.05) is 6.07 Å². The van der Waals surface area contributed by atoms with Crippen LogP contribution in [0.4, 0.5) is 0 Å². The van der Waals surface area contributed by atoms with Gasteiger partial charge in [0, 0.05) is 3.92 Å². The number of rotatable bonds is 11. The van der Waals surface area contributed by atoms with Crippen LogP contribution in [0.5, 0.6) is 0 Å². The number of halogens is 2. The molecule has 0 aromatic heterocycles. The van der Waals surface area contributed by atoms with Crippen LogP contribution in [0.1, 0.15) is 50.5 Å². The minimum Gasteiger partial charge on any atom is -0.344 e. The lowest BCUT2D eigenvalue weighted by molar-refractivity contribution is 0.482. The van der Waals surface area contributed by atoms with E-state index in [-0.39, 0.29) is 11.0 Å². The maximum absolute atomic E-state index is 11.4. The highest BCUT2D eigenvalue weighted by Gasteiger charge is 2.16. The normalized spacial score (nSPS) is 12.7. The molecule has 0 bridgehead atoms. The fourth-order valence-corrected chi connectivity index (χ4v) is 4.62. The third kappa shape index (κ3) is 10.2. The second-order valence-corrected chi connectivity index (χ2v) is 9.71. The molecule has 1 unspecified atom stereocenters. The summed E-state index contributed by atoms with van der Waals surface area (Å²) in [6, 6.07) is 6.73. The molecule has 1 aromatic rings. The molecule has 0 fully saturated rings. The van der Waals surface area contributed by atoms with Crippen LogP contribution in [-0.4, -0.2) is 21.3 Å². The highest BCUT2D eigenvalue weighted by atomic mass is 127. The third-order valence-electron chi connectivity index (χ3n) is 3.59. The maximum Gasteiger partial charge on any atom is 0.294 e. The highest BCUT2D eigenvalue weighted by molar-refractivity contribution is 14.1. The molecule has 1 atom stereocenters. The molecule has 7 heteroatoms.